The van der Waals surface area contributed by atoms with E-state index in [0.717, 1.165) is 29.1 Å². The smallest absolute Gasteiger partial charge is 0.237 e. The van der Waals surface area contributed by atoms with E-state index in [-0.39, 0.29) is 25.1 Å². The molecule has 1 aromatic carbocycles. The summed E-state index contributed by atoms with van der Waals surface area (Å²) in [7, 11) is 1.55. The average molecular weight is 485 g/mol. The maximum atomic E-state index is 13.6. The fourth-order valence-corrected chi connectivity index (χ4v) is 5.32. The molecule has 2 atom stereocenters. The Kier molecular flexibility index (Phi) is 8.39. The quantitative estimate of drug-likeness (QED) is 0.448. The number of furan rings is 1. The summed E-state index contributed by atoms with van der Waals surface area (Å²) in [5.41, 5.74) is 2.29. The number of nitrogens with zero attached hydrogens (tertiary/aromatic N) is 2. The summed E-state index contributed by atoms with van der Waals surface area (Å²) in [6, 6.07) is 13.6. The summed E-state index contributed by atoms with van der Waals surface area (Å²) in [4.78, 5) is 18.7. The second-order valence-corrected chi connectivity index (χ2v) is 9.64. The van der Waals surface area contributed by atoms with E-state index in [0.29, 0.717) is 26.2 Å². The highest BCUT2D eigenvalue weighted by Gasteiger charge is 2.33. The average Bonchev–Trinajstić information content (AvgIpc) is 3.49. The van der Waals surface area contributed by atoms with Gasteiger partial charge in [-0.15, -0.1) is 11.3 Å². The number of carbonyl (C=O) groups is 1. The van der Waals surface area contributed by atoms with Crippen molar-refractivity contribution in [3.05, 3.63) is 75.9 Å². The number of aryl methyl sites for hydroxylation is 1. The Labute approximate surface area is 204 Å². The zero-order valence-electron chi connectivity index (χ0n) is 19.7. The van der Waals surface area contributed by atoms with Crippen LogP contribution in [-0.2, 0) is 22.5 Å². The maximum Gasteiger partial charge on any atom is 0.237 e. The second-order valence-electron chi connectivity index (χ2n) is 8.64. The van der Waals surface area contributed by atoms with Crippen LogP contribution in [0.2, 0.25) is 0 Å². The lowest BCUT2D eigenvalue weighted by Gasteiger charge is -2.37. The van der Waals surface area contributed by atoms with E-state index in [1.165, 1.54) is 4.88 Å². The van der Waals surface area contributed by atoms with Gasteiger partial charge < -0.3 is 23.9 Å². The van der Waals surface area contributed by atoms with Crippen LogP contribution in [-0.4, -0.2) is 66.9 Å². The van der Waals surface area contributed by atoms with Crippen LogP contribution in [0.1, 0.15) is 27.8 Å². The first-order valence-electron chi connectivity index (χ1n) is 11.5. The van der Waals surface area contributed by atoms with Gasteiger partial charge in [-0.25, -0.2) is 0 Å². The molecule has 8 heteroatoms. The number of thiophene rings is 1. The van der Waals surface area contributed by atoms with Gasteiger partial charge in [0.25, 0.3) is 0 Å². The molecule has 0 bridgehead atoms. The number of rotatable bonds is 11. The standard InChI is InChI=1S/C26H32N2O5S/c1-19-5-3-6-21(13-19)33-18-24-23-9-12-34-25(23)8-10-28(24)26(30)16-27(14-20(29)17-31-2)15-22-7-4-11-32-22/h3-7,9,11-13,20,24,29H,8,10,14-18H2,1-2H3/t20-,24+/m1/s1. The van der Waals surface area contributed by atoms with Crippen LogP contribution in [0, 0.1) is 6.92 Å². The Balaban J connectivity index is 1.48. The van der Waals surface area contributed by atoms with Crippen LogP contribution in [0.5, 0.6) is 5.75 Å². The molecule has 3 heterocycles. The molecule has 0 saturated heterocycles. The van der Waals surface area contributed by atoms with E-state index < -0.39 is 6.10 Å². The molecule has 0 saturated carbocycles. The number of methoxy groups -OCH3 is 1. The van der Waals surface area contributed by atoms with E-state index in [9.17, 15) is 9.90 Å². The Bertz CT molecular complexity index is 1050. The molecule has 0 fully saturated rings. The lowest BCUT2D eigenvalue weighted by molar-refractivity contribution is -0.136. The zero-order valence-corrected chi connectivity index (χ0v) is 20.5. The molecule has 0 radical (unpaired) electrons. The first-order chi connectivity index (χ1) is 16.5. The summed E-state index contributed by atoms with van der Waals surface area (Å²) < 4.78 is 16.7. The van der Waals surface area contributed by atoms with Crippen molar-refractivity contribution in [2.24, 2.45) is 0 Å². The third-order valence-electron chi connectivity index (χ3n) is 5.96. The number of hydrogen-bond donors (Lipinski definition) is 1. The van der Waals surface area contributed by atoms with Crippen molar-refractivity contribution in [3.8, 4) is 5.75 Å². The Morgan fingerprint density at radius 1 is 1.32 bits per heavy atom. The molecule has 1 aliphatic rings. The Morgan fingerprint density at radius 3 is 2.97 bits per heavy atom. The molecule has 1 aliphatic heterocycles. The fraction of sp³-hybridized carbons (Fsp3) is 0.423. The van der Waals surface area contributed by atoms with Crippen molar-refractivity contribution in [3.63, 3.8) is 0 Å². The van der Waals surface area contributed by atoms with Crippen molar-refractivity contribution in [1.29, 1.82) is 0 Å². The first kappa shape index (κ1) is 24.5. The molecule has 0 unspecified atom stereocenters. The van der Waals surface area contributed by atoms with E-state index in [2.05, 4.69) is 11.4 Å². The molecule has 7 nitrogen and oxygen atoms in total. The van der Waals surface area contributed by atoms with Crippen molar-refractivity contribution >= 4 is 17.2 Å². The summed E-state index contributed by atoms with van der Waals surface area (Å²) in [5, 5.41) is 12.4. The fourth-order valence-electron chi connectivity index (χ4n) is 4.39. The number of carbonyl (C=O) groups excluding carboxylic acids is 1. The van der Waals surface area contributed by atoms with Gasteiger partial charge in [-0.2, -0.15) is 0 Å². The van der Waals surface area contributed by atoms with Crippen LogP contribution >= 0.6 is 11.3 Å². The third-order valence-corrected chi connectivity index (χ3v) is 6.96. The SMILES string of the molecule is COC[C@H](O)CN(CC(=O)N1CCc2sccc2[C@@H]1COc1cccc(C)c1)Cc1ccco1. The molecular weight excluding hydrogens is 452 g/mol. The molecule has 1 N–H and O–H groups in total. The van der Waals surface area contributed by atoms with Crippen LogP contribution < -0.4 is 4.74 Å². The number of fused-ring (bicyclic) bond motifs is 1. The first-order valence-corrected chi connectivity index (χ1v) is 12.4. The summed E-state index contributed by atoms with van der Waals surface area (Å²) >= 11 is 1.73. The lowest BCUT2D eigenvalue weighted by atomic mass is 10.0. The van der Waals surface area contributed by atoms with Gasteiger partial charge in [0.15, 0.2) is 0 Å². The predicted octanol–water partition coefficient (Wildman–Crippen LogP) is 3.66. The van der Waals surface area contributed by atoms with Crippen molar-refractivity contribution in [1.82, 2.24) is 9.80 Å². The normalized spacial score (nSPS) is 16.5. The van der Waals surface area contributed by atoms with Gasteiger partial charge in [-0.1, -0.05) is 12.1 Å². The Hall–Kier alpha value is -2.65. The molecule has 1 amide bonds. The van der Waals surface area contributed by atoms with Gasteiger partial charge in [-0.05, 0) is 60.2 Å². The van der Waals surface area contributed by atoms with Crippen molar-refractivity contribution < 1.29 is 23.8 Å². The molecule has 3 aromatic rings. The number of benzene rings is 1. The molecule has 182 valence electrons. The summed E-state index contributed by atoms with van der Waals surface area (Å²) in [6.45, 7) is 4.18. The maximum absolute atomic E-state index is 13.6. The molecule has 0 aliphatic carbocycles. The summed E-state index contributed by atoms with van der Waals surface area (Å²) in [6.07, 6.45) is 1.75. The minimum absolute atomic E-state index is 0.00543. The van der Waals surface area contributed by atoms with Gasteiger partial charge in [0.2, 0.25) is 5.91 Å². The van der Waals surface area contributed by atoms with Gasteiger partial charge in [0.1, 0.15) is 18.1 Å². The van der Waals surface area contributed by atoms with E-state index in [1.54, 1.807) is 24.7 Å². The topological polar surface area (TPSA) is 75.4 Å². The predicted molar refractivity (Wildman–Crippen MR) is 131 cm³/mol. The van der Waals surface area contributed by atoms with Crippen LogP contribution in [0.3, 0.4) is 0 Å². The number of hydrogen-bond acceptors (Lipinski definition) is 7. The van der Waals surface area contributed by atoms with Crippen molar-refractivity contribution in [2.75, 3.05) is 40.0 Å². The number of amides is 1. The highest BCUT2D eigenvalue weighted by Crippen LogP contribution is 2.34. The zero-order chi connectivity index (χ0) is 23.9. The van der Waals surface area contributed by atoms with Gasteiger partial charge in [-0.3, -0.25) is 9.69 Å². The van der Waals surface area contributed by atoms with E-state index in [1.807, 2.05) is 53.1 Å². The minimum atomic E-state index is -0.696. The summed E-state index contributed by atoms with van der Waals surface area (Å²) in [5.74, 6) is 1.55. The van der Waals surface area contributed by atoms with E-state index in [4.69, 9.17) is 13.9 Å². The molecule has 4 rings (SSSR count). The molecule has 34 heavy (non-hydrogen) atoms. The monoisotopic (exact) mass is 484 g/mol. The second kappa shape index (κ2) is 11.7. The number of ether oxygens (including phenoxy) is 2. The highest BCUT2D eigenvalue weighted by molar-refractivity contribution is 7.10. The number of aliphatic hydroxyl groups excluding tert-OH is 1. The van der Waals surface area contributed by atoms with Crippen molar-refractivity contribution in [2.45, 2.75) is 32.0 Å². The number of aliphatic hydroxyl groups is 1. The van der Waals surface area contributed by atoms with Crippen LogP contribution in [0.4, 0.5) is 0 Å². The van der Waals surface area contributed by atoms with Gasteiger partial charge >= 0.3 is 0 Å². The van der Waals surface area contributed by atoms with Gasteiger partial charge in [0.05, 0.1) is 38.1 Å². The largest absolute Gasteiger partial charge is 0.491 e. The molecule has 0 spiro atoms. The highest BCUT2D eigenvalue weighted by atomic mass is 32.1. The van der Waals surface area contributed by atoms with Gasteiger partial charge in [0, 0.05) is 25.1 Å². The lowest BCUT2D eigenvalue weighted by Crippen LogP contribution is -2.47. The molecular formula is C26H32N2O5S. The minimum Gasteiger partial charge on any atom is -0.491 e. The third kappa shape index (κ3) is 6.27. The Morgan fingerprint density at radius 2 is 2.21 bits per heavy atom. The van der Waals surface area contributed by atoms with Crippen LogP contribution in [0.15, 0.2) is 58.5 Å². The van der Waals surface area contributed by atoms with E-state index >= 15 is 0 Å². The molecule has 2 aromatic heterocycles. The van der Waals surface area contributed by atoms with Crippen LogP contribution in [0.25, 0.3) is 0 Å².